The molecular weight excluding hydrogens is 376 g/mol. The van der Waals surface area contributed by atoms with Crippen LogP contribution in [-0.4, -0.2) is 18.4 Å². The number of halogens is 3. The van der Waals surface area contributed by atoms with E-state index in [2.05, 4.69) is 9.97 Å². The number of aromatic amines is 1. The molecular formula is C15H12ClF2N3O3S. The van der Waals surface area contributed by atoms with Crippen molar-refractivity contribution >= 4 is 34.3 Å². The molecule has 0 atom stereocenters. The van der Waals surface area contributed by atoms with Gasteiger partial charge in [0.1, 0.15) is 5.65 Å². The molecule has 0 radical (unpaired) electrons. The van der Waals surface area contributed by atoms with E-state index in [4.69, 9.17) is 0 Å². The van der Waals surface area contributed by atoms with E-state index in [1.165, 1.54) is 36.5 Å². The van der Waals surface area contributed by atoms with Gasteiger partial charge in [-0.1, -0.05) is 12.1 Å². The van der Waals surface area contributed by atoms with Crippen molar-refractivity contribution in [2.75, 3.05) is 0 Å². The molecule has 6 nitrogen and oxygen atoms in total. The quantitative estimate of drug-likeness (QED) is 0.596. The molecule has 2 aromatic heterocycles. The van der Waals surface area contributed by atoms with Crippen LogP contribution in [0.3, 0.4) is 0 Å². The van der Waals surface area contributed by atoms with Crippen LogP contribution >= 0.6 is 12.4 Å². The highest BCUT2D eigenvalue weighted by Crippen LogP contribution is 2.30. The van der Waals surface area contributed by atoms with Gasteiger partial charge in [-0.2, -0.15) is 0 Å². The summed E-state index contributed by atoms with van der Waals surface area (Å²) in [5.41, 5.74) is 0.146. The topological polar surface area (TPSA) is 91.9 Å². The standard InChI is InChI=1S/C15H11F2N3O3S.ClH/c16-13-8(7-19-24(22)23)1-2-10(14(13)17)9-5-6-18-15-11(9)3-4-12(21)20-15;/h1-6,24H,7H2,(H,18,20,21)(H,19,22,23);1H. The summed E-state index contributed by atoms with van der Waals surface area (Å²) in [6.07, 6.45) is 1.38. The molecule has 0 aliphatic rings. The number of aromatic nitrogens is 2. The molecule has 0 aliphatic heterocycles. The average Bonchev–Trinajstić information content (AvgIpc) is 2.55. The van der Waals surface area contributed by atoms with Gasteiger partial charge in [0.05, 0.1) is 0 Å². The molecule has 0 saturated heterocycles. The fourth-order valence-electron chi connectivity index (χ4n) is 2.38. The van der Waals surface area contributed by atoms with Crippen molar-refractivity contribution in [3.05, 3.63) is 64.1 Å². The van der Waals surface area contributed by atoms with Crippen LogP contribution in [0.4, 0.5) is 8.78 Å². The summed E-state index contributed by atoms with van der Waals surface area (Å²) < 4.78 is 51.6. The summed E-state index contributed by atoms with van der Waals surface area (Å²) in [4.78, 5) is 17.9. The summed E-state index contributed by atoms with van der Waals surface area (Å²) in [7, 11) is -2.91. The van der Waals surface area contributed by atoms with E-state index in [0.717, 1.165) is 0 Å². The van der Waals surface area contributed by atoms with Crippen LogP contribution < -0.4 is 10.3 Å². The third-order valence-electron chi connectivity index (χ3n) is 3.48. The van der Waals surface area contributed by atoms with E-state index >= 15 is 0 Å². The van der Waals surface area contributed by atoms with E-state index < -0.39 is 22.5 Å². The Labute approximate surface area is 148 Å². The van der Waals surface area contributed by atoms with Gasteiger partial charge in [-0.25, -0.2) is 26.9 Å². The Morgan fingerprint density at radius 2 is 1.80 bits per heavy atom. The van der Waals surface area contributed by atoms with Crippen LogP contribution in [0, 0.1) is 11.6 Å². The van der Waals surface area contributed by atoms with E-state index in [1.807, 2.05) is 4.72 Å². The van der Waals surface area contributed by atoms with Crippen LogP contribution in [-0.2, 0) is 17.4 Å². The Balaban J connectivity index is 0.00000225. The van der Waals surface area contributed by atoms with Crippen molar-refractivity contribution in [3.8, 4) is 11.1 Å². The van der Waals surface area contributed by atoms with Crippen molar-refractivity contribution in [3.63, 3.8) is 0 Å². The highest BCUT2D eigenvalue weighted by molar-refractivity contribution is 7.70. The second-order valence-corrected chi connectivity index (χ2v) is 5.77. The molecule has 0 amide bonds. The van der Waals surface area contributed by atoms with Crippen molar-refractivity contribution < 1.29 is 17.2 Å². The number of hydrogen-bond donors (Lipinski definition) is 3. The molecule has 1 aromatic carbocycles. The first-order valence-corrected chi connectivity index (χ1v) is 7.98. The molecule has 3 aromatic rings. The number of nitrogens with zero attached hydrogens (tertiary/aromatic N) is 1. The zero-order valence-electron chi connectivity index (χ0n) is 12.5. The highest BCUT2D eigenvalue weighted by Gasteiger charge is 2.16. The third-order valence-corrected chi connectivity index (χ3v) is 3.90. The highest BCUT2D eigenvalue weighted by atomic mass is 35.5. The molecule has 132 valence electrons. The van der Waals surface area contributed by atoms with Crippen LogP contribution in [0.15, 0.2) is 41.3 Å². The van der Waals surface area contributed by atoms with Gasteiger partial charge in [-0.3, -0.25) is 4.79 Å². The number of H-pyrrole nitrogens is 1. The number of fused-ring (bicyclic) bond motifs is 1. The first-order valence-electron chi connectivity index (χ1n) is 6.80. The third kappa shape index (κ3) is 3.84. The molecule has 0 fully saturated rings. The number of rotatable bonds is 4. The molecule has 0 bridgehead atoms. The van der Waals surface area contributed by atoms with Gasteiger partial charge in [0.2, 0.25) is 16.4 Å². The molecule has 2 heterocycles. The van der Waals surface area contributed by atoms with E-state index in [9.17, 15) is 22.0 Å². The van der Waals surface area contributed by atoms with Crippen LogP contribution in [0.25, 0.3) is 22.2 Å². The SMILES string of the molecule is Cl.O=c1ccc2c(-c3ccc(CN[SH](=O)=O)c(F)c3F)ccnc2[nH]1. The van der Waals surface area contributed by atoms with Crippen LogP contribution in [0.5, 0.6) is 0 Å². The first-order chi connectivity index (χ1) is 11.5. The van der Waals surface area contributed by atoms with Gasteiger partial charge in [0, 0.05) is 35.3 Å². The van der Waals surface area contributed by atoms with Gasteiger partial charge >= 0.3 is 0 Å². The Bertz CT molecular complexity index is 1060. The predicted octanol–water partition coefficient (Wildman–Crippen LogP) is 1.91. The Kier molecular flexibility index (Phi) is 5.83. The summed E-state index contributed by atoms with van der Waals surface area (Å²) in [6, 6.07) is 6.91. The molecule has 0 saturated carbocycles. The van der Waals surface area contributed by atoms with Gasteiger partial charge < -0.3 is 4.98 Å². The zero-order valence-corrected chi connectivity index (χ0v) is 14.2. The first kappa shape index (κ1) is 19.0. The second kappa shape index (κ2) is 7.68. The Hall–Kier alpha value is -2.36. The van der Waals surface area contributed by atoms with Gasteiger partial charge in [-0.05, 0) is 17.7 Å². The van der Waals surface area contributed by atoms with Crippen molar-refractivity contribution in [1.29, 1.82) is 0 Å². The number of thiol groups is 1. The summed E-state index contributed by atoms with van der Waals surface area (Å²) >= 11 is 0. The van der Waals surface area contributed by atoms with Gasteiger partial charge in [0.25, 0.3) is 0 Å². The maximum atomic E-state index is 14.4. The largest absolute Gasteiger partial charge is 0.307 e. The lowest BCUT2D eigenvalue weighted by Gasteiger charge is -2.10. The van der Waals surface area contributed by atoms with Crippen LogP contribution in [0.1, 0.15) is 5.56 Å². The lowest BCUT2D eigenvalue weighted by atomic mass is 10.0. The maximum Gasteiger partial charge on any atom is 0.249 e. The number of benzene rings is 1. The number of pyridine rings is 2. The molecule has 0 unspecified atom stereocenters. The lowest BCUT2D eigenvalue weighted by Crippen LogP contribution is -2.12. The van der Waals surface area contributed by atoms with E-state index in [-0.39, 0.29) is 41.3 Å². The smallest absolute Gasteiger partial charge is 0.249 e. The normalized spacial score (nSPS) is 10.8. The molecule has 0 aliphatic carbocycles. The monoisotopic (exact) mass is 387 g/mol. The molecule has 2 N–H and O–H groups in total. The van der Waals surface area contributed by atoms with E-state index in [0.29, 0.717) is 10.9 Å². The van der Waals surface area contributed by atoms with Crippen LogP contribution in [0.2, 0.25) is 0 Å². The molecule has 25 heavy (non-hydrogen) atoms. The predicted molar refractivity (Wildman–Crippen MR) is 92.1 cm³/mol. The lowest BCUT2D eigenvalue weighted by molar-refractivity contribution is 0.499. The fourth-order valence-corrected chi connectivity index (χ4v) is 2.68. The zero-order chi connectivity index (χ0) is 17.3. The Morgan fingerprint density at radius 1 is 1.04 bits per heavy atom. The van der Waals surface area contributed by atoms with Gasteiger partial charge in [0.15, 0.2) is 11.6 Å². The summed E-state index contributed by atoms with van der Waals surface area (Å²) in [6.45, 7) is -0.341. The maximum absolute atomic E-state index is 14.4. The number of hydrogen-bond acceptors (Lipinski definition) is 4. The van der Waals surface area contributed by atoms with Gasteiger partial charge in [-0.15, -0.1) is 12.4 Å². The second-order valence-electron chi connectivity index (χ2n) is 4.94. The minimum atomic E-state index is -2.91. The average molecular weight is 388 g/mol. The minimum Gasteiger partial charge on any atom is -0.307 e. The molecule has 10 heteroatoms. The number of nitrogens with one attached hydrogen (secondary N) is 2. The van der Waals surface area contributed by atoms with Crippen molar-refractivity contribution in [2.45, 2.75) is 6.54 Å². The molecule has 0 spiro atoms. The van der Waals surface area contributed by atoms with E-state index in [1.54, 1.807) is 0 Å². The van der Waals surface area contributed by atoms with Crippen molar-refractivity contribution in [1.82, 2.24) is 14.7 Å². The fraction of sp³-hybridized carbons (Fsp3) is 0.0667. The Morgan fingerprint density at radius 3 is 2.52 bits per heavy atom. The summed E-state index contributed by atoms with van der Waals surface area (Å²) in [5, 5.41) is 0.462. The minimum absolute atomic E-state index is 0. The summed E-state index contributed by atoms with van der Waals surface area (Å²) in [5.74, 6) is -2.24. The molecule has 3 rings (SSSR count). The van der Waals surface area contributed by atoms with Crippen molar-refractivity contribution in [2.24, 2.45) is 0 Å².